The molecule has 17 heavy (non-hydrogen) atoms. The first kappa shape index (κ1) is 14.5. The topological polar surface area (TPSA) is 40.5 Å². The fourth-order valence-corrected chi connectivity index (χ4v) is 2.52. The molecule has 0 radical (unpaired) electrons. The third kappa shape index (κ3) is 4.30. The van der Waals surface area contributed by atoms with E-state index in [0.29, 0.717) is 17.4 Å². The first-order valence-electron chi connectivity index (χ1n) is 5.97. The maximum atomic E-state index is 9.56. The van der Waals surface area contributed by atoms with Crippen molar-refractivity contribution in [3.8, 4) is 0 Å². The number of halogens is 1. The normalized spacial score (nSPS) is 12.1. The fraction of sp³-hybridized carbons (Fsp3) is 0.571. The van der Waals surface area contributed by atoms with Crippen LogP contribution in [-0.2, 0) is 6.42 Å². The number of hydrogen-bond acceptors (Lipinski definition) is 2. The summed E-state index contributed by atoms with van der Waals surface area (Å²) in [6.45, 7) is 4.18. The van der Waals surface area contributed by atoms with Gasteiger partial charge in [-0.3, -0.25) is 0 Å². The highest BCUT2D eigenvalue weighted by Crippen LogP contribution is 2.30. The van der Waals surface area contributed by atoms with Gasteiger partial charge in [0.2, 0.25) is 0 Å². The van der Waals surface area contributed by atoms with Crippen LogP contribution in [0.1, 0.15) is 25.8 Å². The average Bonchev–Trinajstić information content (AvgIpc) is 2.27. The zero-order chi connectivity index (χ0) is 12.9. The quantitative estimate of drug-likeness (QED) is 0.822. The third-order valence-electron chi connectivity index (χ3n) is 2.98. The van der Waals surface area contributed by atoms with Gasteiger partial charge in [0.15, 0.2) is 0 Å². The van der Waals surface area contributed by atoms with Crippen LogP contribution in [0.5, 0.6) is 0 Å². The molecule has 1 rings (SSSR count). The summed E-state index contributed by atoms with van der Waals surface area (Å²) in [5.41, 5.74) is 0.611. The number of aliphatic hydroxyl groups is 2. The lowest BCUT2D eigenvalue weighted by Crippen LogP contribution is -2.34. The summed E-state index contributed by atoms with van der Waals surface area (Å²) in [6, 6.07) is 7.59. The van der Waals surface area contributed by atoms with E-state index in [1.54, 1.807) is 0 Å². The minimum Gasteiger partial charge on any atom is -0.396 e. The Morgan fingerprint density at radius 1 is 1.24 bits per heavy atom. The lowest BCUT2D eigenvalue weighted by atomic mass is 9.76. The van der Waals surface area contributed by atoms with Crippen LogP contribution in [0.3, 0.4) is 0 Å². The molecule has 0 fully saturated rings. The van der Waals surface area contributed by atoms with E-state index in [0.717, 1.165) is 12.0 Å². The Labute approximate surface area is 108 Å². The van der Waals surface area contributed by atoms with Crippen LogP contribution in [0.15, 0.2) is 24.3 Å². The summed E-state index contributed by atoms with van der Waals surface area (Å²) in [5, 5.41) is 19.8. The van der Waals surface area contributed by atoms with Gasteiger partial charge in [0.1, 0.15) is 0 Å². The highest BCUT2D eigenvalue weighted by atomic mass is 35.5. The smallest absolute Gasteiger partial charge is 0.0512 e. The molecule has 0 saturated carbocycles. The molecule has 2 N–H and O–H groups in total. The van der Waals surface area contributed by atoms with E-state index < -0.39 is 5.41 Å². The van der Waals surface area contributed by atoms with Crippen molar-refractivity contribution in [1.29, 1.82) is 0 Å². The van der Waals surface area contributed by atoms with Gasteiger partial charge in [0, 0.05) is 10.4 Å². The molecule has 3 heteroatoms. The molecule has 1 aromatic rings. The van der Waals surface area contributed by atoms with Crippen molar-refractivity contribution >= 4 is 11.6 Å². The van der Waals surface area contributed by atoms with Crippen molar-refractivity contribution in [2.75, 3.05) is 13.2 Å². The molecule has 0 saturated heterocycles. The van der Waals surface area contributed by atoms with Crippen LogP contribution in [-0.4, -0.2) is 23.4 Å². The van der Waals surface area contributed by atoms with E-state index in [9.17, 15) is 10.2 Å². The van der Waals surface area contributed by atoms with Crippen molar-refractivity contribution in [2.24, 2.45) is 11.3 Å². The minimum atomic E-state index is -0.446. The fourth-order valence-electron chi connectivity index (χ4n) is 2.31. The van der Waals surface area contributed by atoms with Crippen LogP contribution in [0.2, 0.25) is 5.02 Å². The van der Waals surface area contributed by atoms with Gasteiger partial charge in [-0.2, -0.15) is 0 Å². The van der Waals surface area contributed by atoms with Crippen molar-refractivity contribution in [1.82, 2.24) is 0 Å². The Balaban J connectivity index is 2.85. The Bertz CT molecular complexity index is 346. The molecule has 0 spiro atoms. The van der Waals surface area contributed by atoms with Crippen LogP contribution in [0, 0.1) is 11.3 Å². The predicted molar refractivity (Wildman–Crippen MR) is 71.2 cm³/mol. The molecule has 0 aliphatic carbocycles. The molecule has 0 aliphatic heterocycles. The molecular formula is C14H21ClO2. The summed E-state index contributed by atoms with van der Waals surface area (Å²) in [7, 11) is 0. The summed E-state index contributed by atoms with van der Waals surface area (Å²) in [6.07, 6.45) is 1.45. The lowest BCUT2D eigenvalue weighted by molar-refractivity contribution is 0.0369. The van der Waals surface area contributed by atoms with Crippen LogP contribution < -0.4 is 0 Å². The Morgan fingerprint density at radius 3 is 2.35 bits per heavy atom. The van der Waals surface area contributed by atoms with Gasteiger partial charge in [0.05, 0.1) is 13.2 Å². The van der Waals surface area contributed by atoms with Crippen molar-refractivity contribution in [3.05, 3.63) is 34.9 Å². The second-order valence-electron chi connectivity index (χ2n) is 5.22. The lowest BCUT2D eigenvalue weighted by Gasteiger charge is -2.31. The Hall–Kier alpha value is -0.570. The highest BCUT2D eigenvalue weighted by molar-refractivity contribution is 6.30. The molecule has 0 aromatic heterocycles. The van der Waals surface area contributed by atoms with Gasteiger partial charge >= 0.3 is 0 Å². The molecule has 0 heterocycles. The van der Waals surface area contributed by atoms with Crippen LogP contribution in [0.25, 0.3) is 0 Å². The SMILES string of the molecule is CC(C)CC(CO)(CO)Cc1cccc(Cl)c1. The van der Waals surface area contributed by atoms with E-state index in [4.69, 9.17) is 11.6 Å². The number of rotatable bonds is 6. The van der Waals surface area contributed by atoms with Crippen molar-refractivity contribution in [3.63, 3.8) is 0 Å². The molecule has 0 bridgehead atoms. The number of aliphatic hydroxyl groups excluding tert-OH is 2. The van der Waals surface area contributed by atoms with Crippen molar-refractivity contribution in [2.45, 2.75) is 26.7 Å². The van der Waals surface area contributed by atoms with Gasteiger partial charge in [-0.15, -0.1) is 0 Å². The number of benzene rings is 1. The van der Waals surface area contributed by atoms with Gasteiger partial charge in [0.25, 0.3) is 0 Å². The van der Waals surface area contributed by atoms with E-state index in [1.165, 1.54) is 0 Å². The Kier molecular flexibility index (Phi) is 5.44. The molecule has 0 aliphatic rings. The maximum Gasteiger partial charge on any atom is 0.0512 e. The van der Waals surface area contributed by atoms with E-state index >= 15 is 0 Å². The van der Waals surface area contributed by atoms with Crippen LogP contribution >= 0.6 is 11.6 Å². The molecule has 2 nitrogen and oxygen atoms in total. The van der Waals surface area contributed by atoms with E-state index in [2.05, 4.69) is 13.8 Å². The van der Waals surface area contributed by atoms with Crippen LogP contribution in [0.4, 0.5) is 0 Å². The first-order chi connectivity index (χ1) is 8.01. The second-order valence-corrected chi connectivity index (χ2v) is 5.66. The van der Waals surface area contributed by atoms with Gasteiger partial charge in [-0.1, -0.05) is 37.6 Å². The monoisotopic (exact) mass is 256 g/mol. The summed E-state index contributed by atoms with van der Waals surface area (Å²) < 4.78 is 0. The molecular weight excluding hydrogens is 236 g/mol. The predicted octanol–water partition coefficient (Wildman–Crippen LogP) is 2.90. The average molecular weight is 257 g/mol. The van der Waals surface area contributed by atoms with Gasteiger partial charge < -0.3 is 10.2 Å². The maximum absolute atomic E-state index is 9.56. The largest absolute Gasteiger partial charge is 0.396 e. The second kappa shape index (κ2) is 6.39. The zero-order valence-corrected chi connectivity index (χ0v) is 11.2. The van der Waals surface area contributed by atoms with E-state index in [-0.39, 0.29) is 13.2 Å². The molecule has 1 aromatic carbocycles. The molecule has 0 unspecified atom stereocenters. The molecule has 0 amide bonds. The Morgan fingerprint density at radius 2 is 1.88 bits per heavy atom. The zero-order valence-electron chi connectivity index (χ0n) is 10.5. The molecule has 96 valence electrons. The van der Waals surface area contributed by atoms with E-state index in [1.807, 2.05) is 24.3 Å². The summed E-state index contributed by atoms with van der Waals surface area (Å²) in [5.74, 6) is 0.438. The van der Waals surface area contributed by atoms with Gasteiger partial charge in [-0.25, -0.2) is 0 Å². The van der Waals surface area contributed by atoms with Gasteiger partial charge in [-0.05, 0) is 36.5 Å². The van der Waals surface area contributed by atoms with Crippen molar-refractivity contribution < 1.29 is 10.2 Å². The standard InChI is InChI=1S/C14H21ClO2/c1-11(2)7-14(9-16,10-17)8-12-4-3-5-13(15)6-12/h3-6,11,16-17H,7-10H2,1-2H3. The third-order valence-corrected chi connectivity index (χ3v) is 3.22. The summed E-state index contributed by atoms with van der Waals surface area (Å²) in [4.78, 5) is 0. The summed E-state index contributed by atoms with van der Waals surface area (Å²) >= 11 is 5.94. The number of hydrogen-bond donors (Lipinski definition) is 2. The highest BCUT2D eigenvalue weighted by Gasteiger charge is 2.30. The first-order valence-corrected chi connectivity index (χ1v) is 6.35. The minimum absolute atomic E-state index is 0.00576. The molecule has 0 atom stereocenters.